The van der Waals surface area contributed by atoms with Crippen LogP contribution in [-0.4, -0.2) is 84.7 Å². The SMILES string of the molecule is CN1CCC2(CC1)CCN(C(=O)N1CCn3cc(-c4[nH][nH]c(=O)c4-c4cnc5ccccn45)c4cc(F)cc(c43)C1)C2. The maximum atomic E-state index is 15.2. The number of benzene rings is 1. The molecule has 3 aliphatic heterocycles. The van der Waals surface area contributed by atoms with Crippen LogP contribution in [0, 0.1) is 11.2 Å². The van der Waals surface area contributed by atoms with Gasteiger partial charge in [0.25, 0.3) is 5.56 Å². The Balaban J connectivity index is 1.14. The van der Waals surface area contributed by atoms with Gasteiger partial charge in [-0.15, -0.1) is 0 Å². The Morgan fingerprint density at radius 3 is 2.71 bits per heavy atom. The summed E-state index contributed by atoms with van der Waals surface area (Å²) in [6.45, 7) is 5.18. The smallest absolute Gasteiger partial charge is 0.320 e. The van der Waals surface area contributed by atoms with Crippen molar-refractivity contribution in [2.45, 2.75) is 32.4 Å². The Bertz CT molecular complexity index is 1910. The van der Waals surface area contributed by atoms with Crippen molar-refractivity contribution in [1.29, 1.82) is 0 Å². The van der Waals surface area contributed by atoms with Crippen LogP contribution in [0.1, 0.15) is 24.8 Å². The summed E-state index contributed by atoms with van der Waals surface area (Å²) in [5.74, 6) is -0.369. The van der Waals surface area contributed by atoms with E-state index in [-0.39, 0.29) is 22.8 Å². The first kappa shape index (κ1) is 25.3. The number of carbonyl (C=O) groups excluding carboxylic acids is 1. The van der Waals surface area contributed by atoms with Crippen molar-refractivity contribution >= 4 is 22.6 Å². The Hall–Kier alpha value is -4.38. The number of pyridine rings is 1. The number of hydrogen-bond acceptors (Lipinski definition) is 4. The van der Waals surface area contributed by atoms with Crippen molar-refractivity contribution in [3.63, 3.8) is 0 Å². The number of fused-ring (bicyclic) bond motifs is 1. The highest BCUT2D eigenvalue weighted by Crippen LogP contribution is 2.41. The van der Waals surface area contributed by atoms with Crippen molar-refractivity contribution < 1.29 is 9.18 Å². The molecule has 11 heteroatoms. The fraction of sp³-hybridized carbons (Fsp3) is 0.387. The number of imidazole rings is 1. The first-order chi connectivity index (χ1) is 20.4. The minimum atomic E-state index is -0.369. The first-order valence-electron chi connectivity index (χ1n) is 14.7. The summed E-state index contributed by atoms with van der Waals surface area (Å²) >= 11 is 0. The van der Waals surface area contributed by atoms with Gasteiger partial charge in [0.05, 0.1) is 28.7 Å². The van der Waals surface area contributed by atoms with E-state index in [1.165, 1.54) is 6.07 Å². The second-order valence-corrected chi connectivity index (χ2v) is 12.3. The molecule has 0 atom stereocenters. The van der Waals surface area contributed by atoms with Crippen LogP contribution >= 0.6 is 0 Å². The van der Waals surface area contributed by atoms with Crippen LogP contribution in [0.2, 0.25) is 0 Å². The Kier molecular flexibility index (Phi) is 5.62. The van der Waals surface area contributed by atoms with Crippen molar-refractivity contribution in [2.24, 2.45) is 5.41 Å². The predicted octanol–water partition coefficient (Wildman–Crippen LogP) is 4.13. The number of H-pyrrole nitrogens is 2. The molecule has 0 unspecified atom stereocenters. The molecule has 1 aromatic carbocycles. The molecule has 2 fully saturated rings. The lowest BCUT2D eigenvalue weighted by Gasteiger charge is -2.38. The molecule has 216 valence electrons. The topological polar surface area (TPSA) is 97.7 Å². The van der Waals surface area contributed by atoms with Gasteiger partial charge < -0.3 is 19.3 Å². The van der Waals surface area contributed by atoms with E-state index in [0.717, 1.165) is 67.7 Å². The van der Waals surface area contributed by atoms with Crippen LogP contribution in [0.15, 0.2) is 53.7 Å². The number of likely N-dealkylation sites (tertiary alicyclic amines) is 2. The molecule has 7 heterocycles. The summed E-state index contributed by atoms with van der Waals surface area (Å²) < 4.78 is 19.2. The third-order valence-electron chi connectivity index (χ3n) is 9.74. The highest BCUT2D eigenvalue weighted by molar-refractivity contribution is 6.00. The molecule has 0 saturated carbocycles. The zero-order valence-corrected chi connectivity index (χ0v) is 23.6. The van der Waals surface area contributed by atoms with E-state index < -0.39 is 0 Å². The highest BCUT2D eigenvalue weighted by atomic mass is 19.1. The zero-order chi connectivity index (χ0) is 28.6. The van der Waals surface area contributed by atoms with Crippen molar-refractivity contribution in [1.82, 2.24) is 38.8 Å². The third kappa shape index (κ3) is 3.90. The quantitative estimate of drug-likeness (QED) is 0.335. The van der Waals surface area contributed by atoms with E-state index in [0.29, 0.717) is 42.0 Å². The third-order valence-corrected chi connectivity index (χ3v) is 9.74. The maximum Gasteiger partial charge on any atom is 0.320 e. The van der Waals surface area contributed by atoms with Gasteiger partial charge in [-0.05, 0) is 74.6 Å². The second kappa shape index (κ2) is 9.32. The van der Waals surface area contributed by atoms with E-state index >= 15 is 4.39 Å². The molecule has 0 aliphatic carbocycles. The number of carbonyl (C=O) groups is 1. The van der Waals surface area contributed by atoms with E-state index in [9.17, 15) is 9.59 Å². The lowest BCUT2D eigenvalue weighted by molar-refractivity contribution is 0.118. The number of nitrogens with one attached hydrogen (secondary N) is 2. The van der Waals surface area contributed by atoms with Gasteiger partial charge in [0, 0.05) is 56.1 Å². The molecule has 0 radical (unpaired) electrons. The molecule has 2 amide bonds. The molecule has 42 heavy (non-hydrogen) atoms. The van der Waals surface area contributed by atoms with Crippen LogP contribution in [-0.2, 0) is 13.1 Å². The molecule has 10 nitrogen and oxygen atoms in total. The lowest BCUT2D eigenvalue weighted by Crippen LogP contribution is -2.45. The number of aromatic amines is 2. The summed E-state index contributed by atoms with van der Waals surface area (Å²) in [5.41, 5.74) is 4.76. The molecule has 8 rings (SSSR count). The summed E-state index contributed by atoms with van der Waals surface area (Å²) in [6.07, 6.45) is 8.83. The van der Waals surface area contributed by atoms with E-state index in [1.807, 2.05) is 44.8 Å². The molecule has 4 aromatic heterocycles. The molecule has 2 saturated heterocycles. The second-order valence-electron chi connectivity index (χ2n) is 12.3. The standard InChI is InChI=1S/C31H33FN8O2/c1-36-9-5-31(6-10-36)7-11-39(19-31)30(42)38-13-12-37-18-23(22-15-21(32)14-20(17-38)28(22)37)27-26(29(41)35-34-27)24-16-33-25-4-2-3-8-40(24)25/h2-4,8,14-16,18H,5-7,9-13,17,19H2,1H3,(H2,34,35,41). The van der Waals surface area contributed by atoms with Gasteiger partial charge in [-0.3, -0.25) is 19.4 Å². The van der Waals surface area contributed by atoms with Crippen LogP contribution in [0.5, 0.6) is 0 Å². The molecule has 3 aliphatic rings. The highest BCUT2D eigenvalue weighted by Gasteiger charge is 2.42. The number of rotatable bonds is 2. The van der Waals surface area contributed by atoms with Gasteiger partial charge in [0.2, 0.25) is 0 Å². The summed E-state index contributed by atoms with van der Waals surface area (Å²) in [5, 5.41) is 6.49. The average molecular weight is 569 g/mol. The normalized spacial score (nSPS) is 18.9. The van der Waals surface area contributed by atoms with E-state index in [4.69, 9.17) is 0 Å². The lowest BCUT2D eigenvalue weighted by atomic mass is 9.78. The molecule has 2 N–H and O–H groups in total. The van der Waals surface area contributed by atoms with Crippen molar-refractivity contribution in [3.8, 4) is 22.5 Å². The van der Waals surface area contributed by atoms with Gasteiger partial charge in [0.1, 0.15) is 11.5 Å². The number of hydrogen-bond donors (Lipinski definition) is 2. The number of nitrogens with zero attached hydrogens (tertiary/aromatic N) is 6. The molecular weight excluding hydrogens is 535 g/mol. The average Bonchev–Trinajstić information content (AvgIpc) is 3.74. The molecule has 1 spiro atoms. The van der Waals surface area contributed by atoms with Crippen LogP contribution in [0.25, 0.3) is 39.1 Å². The number of piperidine rings is 1. The van der Waals surface area contributed by atoms with Gasteiger partial charge in [-0.25, -0.2) is 14.2 Å². The monoisotopic (exact) mass is 568 g/mol. The van der Waals surface area contributed by atoms with Gasteiger partial charge in [-0.1, -0.05) is 6.07 Å². The van der Waals surface area contributed by atoms with Crippen LogP contribution in [0.4, 0.5) is 9.18 Å². The van der Waals surface area contributed by atoms with Gasteiger partial charge >= 0.3 is 6.03 Å². The Morgan fingerprint density at radius 2 is 1.86 bits per heavy atom. The number of amides is 2. The van der Waals surface area contributed by atoms with Gasteiger partial charge in [-0.2, -0.15) is 0 Å². The van der Waals surface area contributed by atoms with Gasteiger partial charge in [0.15, 0.2) is 0 Å². The molecule has 5 aromatic rings. The minimum absolute atomic E-state index is 0.0408. The predicted molar refractivity (Wildman–Crippen MR) is 158 cm³/mol. The van der Waals surface area contributed by atoms with Crippen LogP contribution < -0.4 is 5.56 Å². The van der Waals surface area contributed by atoms with E-state index in [1.54, 1.807) is 12.3 Å². The minimum Gasteiger partial charge on any atom is -0.345 e. The maximum absolute atomic E-state index is 15.2. The van der Waals surface area contributed by atoms with Crippen molar-refractivity contribution in [2.75, 3.05) is 39.8 Å². The Morgan fingerprint density at radius 1 is 1.02 bits per heavy atom. The van der Waals surface area contributed by atoms with Crippen molar-refractivity contribution in [3.05, 3.63) is 70.7 Å². The molecular formula is C31H33FN8O2. The first-order valence-corrected chi connectivity index (χ1v) is 14.7. The number of aromatic nitrogens is 5. The zero-order valence-electron chi connectivity index (χ0n) is 23.6. The Labute approximate surface area is 241 Å². The van der Waals surface area contributed by atoms with E-state index in [2.05, 4.69) is 31.7 Å². The fourth-order valence-corrected chi connectivity index (χ4v) is 7.38. The summed E-state index contributed by atoms with van der Waals surface area (Å²) in [7, 11) is 2.16. The number of urea groups is 1. The number of halogens is 1. The fourth-order valence-electron chi connectivity index (χ4n) is 7.38. The summed E-state index contributed by atoms with van der Waals surface area (Å²) in [4.78, 5) is 37.6. The molecule has 0 bridgehead atoms. The van der Waals surface area contributed by atoms with Crippen LogP contribution in [0.3, 0.4) is 0 Å². The summed E-state index contributed by atoms with van der Waals surface area (Å²) in [6, 6.07) is 8.78. The largest absolute Gasteiger partial charge is 0.345 e.